The number of benzene rings is 1. The fraction of sp³-hybridized carbons (Fsp3) is 0.357. The number of nitrogens with zero attached hydrogens (tertiary/aromatic N) is 3. The Labute approximate surface area is 117 Å². The molecule has 2 aromatic rings. The van der Waals surface area contributed by atoms with E-state index in [1.165, 1.54) is 6.33 Å². The third-order valence-electron chi connectivity index (χ3n) is 2.96. The molecule has 20 heavy (non-hydrogen) atoms. The van der Waals surface area contributed by atoms with Crippen molar-refractivity contribution in [3.05, 3.63) is 48.5 Å². The summed E-state index contributed by atoms with van der Waals surface area (Å²) in [5.41, 5.74) is 0.865. The fourth-order valence-corrected chi connectivity index (χ4v) is 1.84. The topological polar surface area (TPSA) is 80.0 Å². The number of carbonyl (C=O) groups excluding carboxylic acids is 1. The SMILES string of the molecule is O=C(CCn1cncn1)NCCC(O)c1ccccc1. The Morgan fingerprint density at radius 2 is 2.15 bits per heavy atom. The van der Waals surface area contributed by atoms with E-state index in [0.717, 1.165) is 5.56 Å². The summed E-state index contributed by atoms with van der Waals surface area (Å²) in [4.78, 5) is 15.4. The minimum absolute atomic E-state index is 0.0549. The van der Waals surface area contributed by atoms with Gasteiger partial charge >= 0.3 is 0 Å². The van der Waals surface area contributed by atoms with Crippen LogP contribution in [-0.2, 0) is 11.3 Å². The number of aliphatic hydroxyl groups excluding tert-OH is 1. The Morgan fingerprint density at radius 3 is 2.85 bits per heavy atom. The van der Waals surface area contributed by atoms with Crippen LogP contribution in [0.1, 0.15) is 24.5 Å². The lowest BCUT2D eigenvalue weighted by Crippen LogP contribution is -2.26. The fourth-order valence-electron chi connectivity index (χ4n) is 1.84. The maximum Gasteiger partial charge on any atom is 0.221 e. The Bertz CT molecular complexity index is 513. The second kappa shape index (κ2) is 7.40. The van der Waals surface area contributed by atoms with Crippen LogP contribution >= 0.6 is 0 Å². The van der Waals surface area contributed by atoms with Gasteiger partial charge in [0, 0.05) is 13.0 Å². The van der Waals surface area contributed by atoms with Gasteiger partial charge in [-0.15, -0.1) is 0 Å². The maximum atomic E-state index is 11.6. The molecule has 1 aromatic carbocycles. The van der Waals surface area contributed by atoms with Gasteiger partial charge in [-0.2, -0.15) is 5.10 Å². The lowest BCUT2D eigenvalue weighted by atomic mass is 10.1. The number of nitrogens with one attached hydrogen (secondary N) is 1. The smallest absolute Gasteiger partial charge is 0.221 e. The molecule has 0 radical (unpaired) electrons. The number of rotatable bonds is 7. The predicted molar refractivity (Wildman–Crippen MR) is 73.7 cm³/mol. The van der Waals surface area contributed by atoms with Gasteiger partial charge in [-0.1, -0.05) is 30.3 Å². The number of hydrogen-bond donors (Lipinski definition) is 2. The molecule has 0 aliphatic heterocycles. The average molecular weight is 274 g/mol. The number of aryl methyl sites for hydroxylation is 1. The molecule has 6 nitrogen and oxygen atoms in total. The van der Waals surface area contributed by atoms with Gasteiger partial charge < -0.3 is 10.4 Å². The number of aromatic nitrogens is 3. The van der Waals surface area contributed by atoms with Crippen LogP contribution in [0.25, 0.3) is 0 Å². The highest BCUT2D eigenvalue weighted by Crippen LogP contribution is 2.14. The number of hydrogen-bond acceptors (Lipinski definition) is 4. The molecule has 0 aliphatic carbocycles. The van der Waals surface area contributed by atoms with Crippen molar-refractivity contribution in [2.24, 2.45) is 0 Å². The van der Waals surface area contributed by atoms with E-state index < -0.39 is 6.10 Å². The first-order valence-electron chi connectivity index (χ1n) is 6.58. The summed E-state index contributed by atoms with van der Waals surface area (Å²) in [6.45, 7) is 0.958. The van der Waals surface area contributed by atoms with E-state index in [1.54, 1.807) is 11.0 Å². The molecule has 1 aromatic heterocycles. The Kier molecular flexibility index (Phi) is 5.25. The van der Waals surface area contributed by atoms with E-state index >= 15 is 0 Å². The highest BCUT2D eigenvalue weighted by Gasteiger charge is 2.07. The Balaban J connectivity index is 1.64. The minimum Gasteiger partial charge on any atom is -0.388 e. The molecule has 1 unspecified atom stereocenters. The zero-order chi connectivity index (χ0) is 14.2. The van der Waals surface area contributed by atoms with Crippen molar-refractivity contribution in [1.29, 1.82) is 0 Å². The first kappa shape index (κ1) is 14.2. The lowest BCUT2D eigenvalue weighted by Gasteiger charge is -2.11. The highest BCUT2D eigenvalue weighted by atomic mass is 16.3. The molecule has 0 aliphatic rings. The molecule has 2 N–H and O–H groups in total. The van der Waals surface area contributed by atoms with Crippen molar-refractivity contribution < 1.29 is 9.90 Å². The van der Waals surface area contributed by atoms with Gasteiger partial charge in [-0.3, -0.25) is 9.48 Å². The monoisotopic (exact) mass is 274 g/mol. The van der Waals surface area contributed by atoms with Gasteiger partial charge in [0.05, 0.1) is 12.6 Å². The maximum absolute atomic E-state index is 11.6. The van der Waals surface area contributed by atoms with Crippen LogP contribution in [0, 0.1) is 0 Å². The van der Waals surface area contributed by atoms with E-state index in [1.807, 2.05) is 30.3 Å². The van der Waals surface area contributed by atoms with Gasteiger partial charge in [-0.05, 0) is 12.0 Å². The van der Waals surface area contributed by atoms with Crippen LogP contribution < -0.4 is 5.32 Å². The Morgan fingerprint density at radius 1 is 1.35 bits per heavy atom. The molecule has 6 heteroatoms. The third-order valence-corrected chi connectivity index (χ3v) is 2.96. The highest BCUT2D eigenvalue weighted by molar-refractivity contribution is 5.75. The van der Waals surface area contributed by atoms with Gasteiger partial charge in [0.2, 0.25) is 5.91 Å². The molecule has 2 rings (SSSR count). The zero-order valence-electron chi connectivity index (χ0n) is 11.1. The molecule has 0 saturated carbocycles. The van der Waals surface area contributed by atoms with Gasteiger partial charge in [0.1, 0.15) is 12.7 Å². The Hall–Kier alpha value is -2.21. The minimum atomic E-state index is -0.549. The summed E-state index contributed by atoms with van der Waals surface area (Å²) in [5, 5.41) is 16.6. The van der Waals surface area contributed by atoms with E-state index in [9.17, 15) is 9.90 Å². The molecule has 0 fully saturated rings. The third kappa shape index (κ3) is 4.47. The normalized spacial score (nSPS) is 12.1. The second-order valence-corrected chi connectivity index (χ2v) is 4.47. The van der Waals surface area contributed by atoms with Gasteiger partial charge in [0.15, 0.2) is 0 Å². The second-order valence-electron chi connectivity index (χ2n) is 4.47. The van der Waals surface area contributed by atoms with Crippen molar-refractivity contribution in [1.82, 2.24) is 20.1 Å². The summed E-state index contributed by atoms with van der Waals surface area (Å²) in [6.07, 6.45) is 3.32. The van der Waals surface area contributed by atoms with E-state index in [0.29, 0.717) is 25.9 Å². The van der Waals surface area contributed by atoms with Crippen LogP contribution in [0.5, 0.6) is 0 Å². The summed E-state index contributed by atoms with van der Waals surface area (Å²) >= 11 is 0. The molecule has 1 atom stereocenters. The first-order valence-corrected chi connectivity index (χ1v) is 6.58. The van der Waals surface area contributed by atoms with E-state index in [4.69, 9.17) is 0 Å². The molecular weight excluding hydrogens is 256 g/mol. The van der Waals surface area contributed by atoms with E-state index in [-0.39, 0.29) is 5.91 Å². The summed E-state index contributed by atoms with van der Waals surface area (Å²) < 4.78 is 1.61. The number of amides is 1. The van der Waals surface area contributed by atoms with Crippen LogP contribution in [-0.4, -0.2) is 32.3 Å². The van der Waals surface area contributed by atoms with Gasteiger partial charge in [0.25, 0.3) is 0 Å². The van der Waals surface area contributed by atoms with Crippen molar-refractivity contribution in [3.8, 4) is 0 Å². The number of carbonyl (C=O) groups is 1. The molecule has 1 amide bonds. The van der Waals surface area contributed by atoms with Crippen LogP contribution in [0.4, 0.5) is 0 Å². The lowest BCUT2D eigenvalue weighted by molar-refractivity contribution is -0.121. The molecular formula is C14H18N4O2. The molecule has 0 saturated heterocycles. The van der Waals surface area contributed by atoms with Crippen LogP contribution in [0.3, 0.4) is 0 Å². The molecule has 1 heterocycles. The molecule has 106 valence electrons. The zero-order valence-corrected chi connectivity index (χ0v) is 11.1. The van der Waals surface area contributed by atoms with E-state index in [2.05, 4.69) is 15.4 Å². The van der Waals surface area contributed by atoms with Crippen molar-refractivity contribution in [2.75, 3.05) is 6.54 Å². The van der Waals surface area contributed by atoms with Crippen LogP contribution in [0.15, 0.2) is 43.0 Å². The molecule has 0 spiro atoms. The average Bonchev–Trinajstić information content (AvgIpc) is 2.99. The van der Waals surface area contributed by atoms with Crippen molar-refractivity contribution in [3.63, 3.8) is 0 Å². The summed E-state index contributed by atoms with van der Waals surface area (Å²) in [7, 11) is 0. The summed E-state index contributed by atoms with van der Waals surface area (Å²) in [5.74, 6) is -0.0549. The van der Waals surface area contributed by atoms with Crippen molar-refractivity contribution in [2.45, 2.75) is 25.5 Å². The number of aliphatic hydroxyl groups is 1. The summed E-state index contributed by atoms with van der Waals surface area (Å²) in [6, 6.07) is 9.42. The van der Waals surface area contributed by atoms with Crippen molar-refractivity contribution >= 4 is 5.91 Å². The standard InChI is InChI=1S/C14H18N4O2/c19-13(12-4-2-1-3-5-12)6-8-16-14(20)7-9-18-11-15-10-17-18/h1-5,10-11,13,19H,6-9H2,(H,16,20). The van der Waals surface area contributed by atoms with Gasteiger partial charge in [-0.25, -0.2) is 4.98 Å². The quantitative estimate of drug-likeness (QED) is 0.786. The first-order chi connectivity index (χ1) is 9.75. The predicted octanol–water partition coefficient (Wildman–Crippen LogP) is 0.908. The molecule has 0 bridgehead atoms. The van der Waals surface area contributed by atoms with Crippen LogP contribution in [0.2, 0.25) is 0 Å². The largest absolute Gasteiger partial charge is 0.388 e.